The summed E-state index contributed by atoms with van der Waals surface area (Å²) in [6.07, 6.45) is 0.915. The fourth-order valence-corrected chi connectivity index (χ4v) is 1.51. The van der Waals surface area contributed by atoms with E-state index in [4.69, 9.17) is 2.74 Å². The molecule has 11 heavy (non-hydrogen) atoms. The van der Waals surface area contributed by atoms with Crippen LogP contribution >= 0.6 is 0 Å². The van der Waals surface area contributed by atoms with Crippen LogP contribution in [0.3, 0.4) is 0 Å². The zero-order valence-electron chi connectivity index (χ0n) is 8.02. The van der Waals surface area contributed by atoms with E-state index in [0.717, 1.165) is 17.4 Å². The third kappa shape index (κ3) is 0.640. The second kappa shape index (κ2) is 1.65. The van der Waals surface area contributed by atoms with E-state index >= 15 is 0 Å². The first-order chi connectivity index (χ1) is 6.29. The van der Waals surface area contributed by atoms with Crippen LogP contribution in [-0.2, 0) is 6.42 Å². The third-order valence-electron chi connectivity index (χ3n) is 2.19. The first-order valence-electron chi connectivity index (χ1n) is 4.78. The lowest BCUT2D eigenvalue weighted by atomic mass is 10.1. The van der Waals surface area contributed by atoms with Crippen LogP contribution < -0.4 is 0 Å². The molecule has 0 spiro atoms. The van der Waals surface area contributed by atoms with Gasteiger partial charge in [0.05, 0.1) is 2.74 Å². The smallest absolute Gasteiger partial charge is 0.0616 e. The van der Waals surface area contributed by atoms with Gasteiger partial charge in [0.1, 0.15) is 0 Å². The number of hydrogen-bond acceptors (Lipinski definition) is 0. The molecule has 0 saturated carbocycles. The zero-order chi connectivity index (χ0) is 9.00. The van der Waals surface area contributed by atoms with Gasteiger partial charge in [-0.05, 0) is 28.3 Å². The molecule has 52 valence electrons. The highest BCUT2D eigenvalue weighted by Gasteiger charge is 2.18. The maximum Gasteiger partial charge on any atom is 0.0629 e. The molecule has 0 N–H and O–H groups in total. The van der Waals surface area contributed by atoms with Crippen molar-refractivity contribution in [1.82, 2.24) is 0 Å². The van der Waals surface area contributed by atoms with Crippen molar-refractivity contribution < 1.29 is 2.74 Å². The Kier molecular flexibility index (Phi) is 0.586. The quantitative estimate of drug-likeness (QED) is 0.452. The lowest BCUT2D eigenvalue weighted by molar-refractivity contribution is 1.62. The van der Waals surface area contributed by atoms with E-state index < -0.39 is 0 Å². The van der Waals surface area contributed by atoms with Crippen LogP contribution in [-0.4, -0.2) is 0 Å². The van der Waals surface area contributed by atoms with Crippen molar-refractivity contribution in [2.75, 3.05) is 0 Å². The average molecular weight is 142 g/mol. The predicted molar refractivity (Wildman–Crippen MR) is 46.8 cm³/mol. The molecular formula is C11H8. The van der Waals surface area contributed by atoms with Crippen LogP contribution in [0.1, 0.15) is 13.9 Å². The van der Waals surface area contributed by atoms with E-state index in [0.29, 0.717) is 12.1 Å². The summed E-state index contributed by atoms with van der Waals surface area (Å²) in [5.74, 6) is 0. The Hall–Kier alpha value is -1.30. The molecule has 0 atom stereocenters. The first kappa shape index (κ1) is 3.91. The summed E-state index contributed by atoms with van der Waals surface area (Å²) < 4.78 is 15.5. The van der Waals surface area contributed by atoms with Gasteiger partial charge in [-0.25, -0.2) is 0 Å². The van der Waals surface area contributed by atoms with Gasteiger partial charge in [0.25, 0.3) is 0 Å². The lowest BCUT2D eigenvalue weighted by Crippen LogP contribution is -1.67. The molecule has 0 nitrogen and oxygen atoms in total. The van der Waals surface area contributed by atoms with Crippen LogP contribution in [0, 0.1) is 0 Å². The third-order valence-corrected chi connectivity index (χ3v) is 2.19. The molecule has 0 amide bonds. The Bertz CT molecular complexity index is 515. The topological polar surface area (TPSA) is 0 Å². The molecule has 0 bridgehead atoms. The molecule has 0 aliphatic heterocycles. The van der Waals surface area contributed by atoms with Gasteiger partial charge in [0.2, 0.25) is 0 Å². The van der Waals surface area contributed by atoms with Crippen molar-refractivity contribution in [2.45, 2.75) is 6.42 Å². The van der Waals surface area contributed by atoms with E-state index in [2.05, 4.69) is 0 Å². The minimum absolute atomic E-state index is 0.381. The maximum absolute atomic E-state index is 7.77. The van der Waals surface area contributed by atoms with Gasteiger partial charge in [0.15, 0.2) is 0 Å². The van der Waals surface area contributed by atoms with Crippen LogP contribution in [0.25, 0.3) is 10.8 Å². The zero-order valence-corrected chi connectivity index (χ0v) is 6.02. The Morgan fingerprint density at radius 1 is 1.18 bits per heavy atom. The fraction of sp³-hybridized carbons (Fsp3) is 0.0909. The number of fused-ring (bicyclic) bond motifs is 3. The van der Waals surface area contributed by atoms with Crippen molar-refractivity contribution in [2.24, 2.45) is 0 Å². The summed E-state index contributed by atoms with van der Waals surface area (Å²) in [7, 11) is 0. The van der Waals surface area contributed by atoms with Gasteiger partial charge >= 0.3 is 0 Å². The van der Waals surface area contributed by atoms with Crippen molar-refractivity contribution in [3.63, 3.8) is 0 Å². The van der Waals surface area contributed by atoms with Crippen LogP contribution in [0.15, 0.2) is 36.4 Å². The van der Waals surface area contributed by atoms with Crippen molar-refractivity contribution in [3.8, 4) is 0 Å². The average Bonchev–Trinajstić information content (AvgIpc) is 2.94. The van der Waals surface area contributed by atoms with Gasteiger partial charge in [-0.1, -0.05) is 36.4 Å². The van der Waals surface area contributed by atoms with Crippen molar-refractivity contribution >= 4 is 10.8 Å². The fourth-order valence-electron chi connectivity index (χ4n) is 1.51. The first-order valence-corrected chi connectivity index (χ1v) is 3.78. The van der Waals surface area contributed by atoms with Gasteiger partial charge in [-0.3, -0.25) is 0 Å². The number of benzene rings is 2. The highest BCUT2D eigenvalue weighted by molar-refractivity contribution is 5.90. The summed E-state index contributed by atoms with van der Waals surface area (Å²) >= 11 is 0. The van der Waals surface area contributed by atoms with Crippen LogP contribution in [0.4, 0.5) is 0 Å². The van der Waals surface area contributed by atoms with Gasteiger partial charge in [-0.15, -0.1) is 0 Å². The molecule has 0 fully saturated rings. The second-order valence-electron chi connectivity index (χ2n) is 2.93. The molecule has 0 unspecified atom stereocenters. The molecule has 0 aromatic heterocycles. The number of rotatable bonds is 0. The SMILES string of the molecule is [2H]c1c2c(c3ccccc3c1[2H])C2. The molecule has 3 rings (SSSR count). The number of hydrogen-bond donors (Lipinski definition) is 0. The summed E-state index contributed by atoms with van der Waals surface area (Å²) in [4.78, 5) is 0. The Balaban J connectivity index is 2.57. The molecule has 0 heterocycles. The van der Waals surface area contributed by atoms with Gasteiger partial charge in [-0.2, -0.15) is 0 Å². The van der Waals surface area contributed by atoms with Gasteiger partial charge in [0, 0.05) is 0 Å². The van der Waals surface area contributed by atoms with E-state index in [1.165, 1.54) is 10.9 Å². The predicted octanol–water partition coefficient (Wildman–Crippen LogP) is 2.74. The molecule has 2 aromatic carbocycles. The largest absolute Gasteiger partial charge is 0.0629 e. The summed E-state index contributed by atoms with van der Waals surface area (Å²) in [6.45, 7) is 0. The van der Waals surface area contributed by atoms with E-state index in [1.54, 1.807) is 0 Å². The lowest BCUT2D eigenvalue weighted by Gasteiger charge is -1.92. The molecule has 0 saturated heterocycles. The Labute approximate surface area is 68.3 Å². The second-order valence-corrected chi connectivity index (χ2v) is 2.93. The normalized spacial score (nSPS) is 15.6. The Morgan fingerprint density at radius 2 is 2.09 bits per heavy atom. The molecule has 0 heteroatoms. The van der Waals surface area contributed by atoms with Crippen LogP contribution in [0.2, 0.25) is 0 Å². The molecule has 1 aliphatic carbocycles. The molecule has 1 aliphatic rings. The van der Waals surface area contributed by atoms with Gasteiger partial charge < -0.3 is 0 Å². The van der Waals surface area contributed by atoms with E-state index in [1.807, 2.05) is 24.3 Å². The molecule has 0 radical (unpaired) electrons. The van der Waals surface area contributed by atoms with Crippen molar-refractivity contribution in [3.05, 3.63) is 47.5 Å². The standard InChI is InChI=1S/C11H8/c1-2-4-10-8(3-1)5-6-9-7-11(9)10/h1-6H,7H2/i5D,6D. The summed E-state index contributed by atoms with van der Waals surface area (Å²) in [5, 5.41) is 2.09. The highest BCUT2D eigenvalue weighted by Crippen LogP contribution is 2.34. The molecular weight excluding hydrogens is 132 g/mol. The maximum atomic E-state index is 7.77. The minimum atomic E-state index is 0.381. The summed E-state index contributed by atoms with van der Waals surface area (Å²) in [6, 6.07) is 8.69. The molecule has 2 aromatic rings. The van der Waals surface area contributed by atoms with E-state index in [-0.39, 0.29) is 0 Å². The summed E-state index contributed by atoms with van der Waals surface area (Å²) in [5.41, 5.74) is 2.35. The minimum Gasteiger partial charge on any atom is -0.0616 e. The van der Waals surface area contributed by atoms with E-state index in [9.17, 15) is 0 Å². The Morgan fingerprint density at radius 3 is 3.09 bits per heavy atom. The monoisotopic (exact) mass is 142 g/mol. The van der Waals surface area contributed by atoms with Crippen molar-refractivity contribution in [1.29, 1.82) is 0 Å². The van der Waals surface area contributed by atoms with Crippen LogP contribution in [0.5, 0.6) is 0 Å². The highest BCUT2D eigenvalue weighted by atomic mass is 14.2.